The minimum Gasteiger partial charge on any atom is -0.458 e. The number of carbonyl (C=O) groups excluding carboxylic acids is 1. The number of ether oxygens (including phenoxy) is 1. The van der Waals surface area contributed by atoms with Crippen molar-refractivity contribution in [1.29, 1.82) is 0 Å². The topological polar surface area (TPSA) is 26.3 Å². The van der Waals surface area contributed by atoms with Gasteiger partial charge in [-0.2, -0.15) is 13.2 Å². The van der Waals surface area contributed by atoms with Crippen LogP contribution in [-0.4, -0.2) is 12.1 Å². The summed E-state index contributed by atoms with van der Waals surface area (Å²) in [6, 6.07) is 4.20. The van der Waals surface area contributed by atoms with Gasteiger partial charge in [0.1, 0.15) is 6.10 Å². The Labute approximate surface area is 135 Å². The summed E-state index contributed by atoms with van der Waals surface area (Å²) < 4.78 is 43.3. The van der Waals surface area contributed by atoms with Crippen LogP contribution in [0, 0.1) is 17.8 Å². The molecule has 5 heteroatoms. The third-order valence-electron chi connectivity index (χ3n) is 4.67. The number of esters is 1. The molecule has 0 spiro atoms. The second-order valence-electron chi connectivity index (χ2n) is 6.84. The van der Waals surface area contributed by atoms with E-state index in [1.54, 1.807) is 0 Å². The van der Waals surface area contributed by atoms with Crippen molar-refractivity contribution in [2.45, 2.75) is 52.3 Å². The highest BCUT2D eigenvalue weighted by Crippen LogP contribution is 2.36. The lowest BCUT2D eigenvalue weighted by atomic mass is 9.75. The van der Waals surface area contributed by atoms with Gasteiger partial charge in [0.05, 0.1) is 11.1 Å². The van der Waals surface area contributed by atoms with E-state index in [9.17, 15) is 18.0 Å². The van der Waals surface area contributed by atoms with E-state index in [0.717, 1.165) is 31.4 Å². The maximum absolute atomic E-state index is 12.6. The van der Waals surface area contributed by atoms with Crippen LogP contribution in [0.15, 0.2) is 24.3 Å². The van der Waals surface area contributed by atoms with E-state index in [1.165, 1.54) is 12.1 Å². The lowest BCUT2D eigenvalue weighted by molar-refractivity contribution is -0.137. The smallest absolute Gasteiger partial charge is 0.416 e. The van der Waals surface area contributed by atoms with Gasteiger partial charge >= 0.3 is 12.1 Å². The van der Waals surface area contributed by atoms with E-state index in [1.807, 2.05) is 0 Å². The fourth-order valence-corrected chi connectivity index (χ4v) is 3.25. The number of benzene rings is 1. The van der Waals surface area contributed by atoms with Crippen molar-refractivity contribution in [3.63, 3.8) is 0 Å². The molecule has 128 valence electrons. The van der Waals surface area contributed by atoms with Crippen LogP contribution >= 0.6 is 0 Å². The summed E-state index contributed by atoms with van der Waals surface area (Å²) in [7, 11) is 0. The van der Waals surface area contributed by atoms with Gasteiger partial charge in [0.15, 0.2) is 0 Å². The maximum atomic E-state index is 12.6. The molecule has 1 fully saturated rings. The lowest BCUT2D eigenvalue weighted by Crippen LogP contribution is -2.35. The first-order valence-electron chi connectivity index (χ1n) is 8.06. The minimum atomic E-state index is -4.40. The van der Waals surface area contributed by atoms with Gasteiger partial charge in [-0.25, -0.2) is 4.79 Å². The number of halogens is 3. The molecule has 0 aliphatic heterocycles. The minimum absolute atomic E-state index is 0.159. The molecule has 0 amide bonds. The molecule has 0 bridgehead atoms. The van der Waals surface area contributed by atoms with E-state index < -0.39 is 17.7 Å². The molecule has 0 heterocycles. The molecule has 2 rings (SSSR count). The second-order valence-corrected chi connectivity index (χ2v) is 6.84. The standard InChI is InChI=1S/C18H23F3O2/c1-11(2)15-9-4-12(3)10-16(15)23-17(22)13-5-7-14(8-6-13)18(19,20)21/h5-8,11-12,15-16H,4,9-10H2,1-3H3/t12-,15+,16-/m0/s1. The SMILES string of the molecule is CC(C)[C@H]1CC[C@H](C)C[C@@H]1OC(=O)c1ccc(C(F)(F)F)cc1. The third kappa shape index (κ3) is 4.49. The molecule has 2 nitrogen and oxygen atoms in total. The molecule has 1 aliphatic carbocycles. The predicted octanol–water partition coefficient (Wildman–Crippen LogP) is 5.32. The summed E-state index contributed by atoms with van der Waals surface area (Å²) >= 11 is 0. The van der Waals surface area contributed by atoms with Gasteiger partial charge < -0.3 is 4.74 Å². The zero-order valence-corrected chi connectivity index (χ0v) is 13.7. The summed E-state index contributed by atoms with van der Waals surface area (Å²) in [6.07, 6.45) is -1.60. The fraction of sp³-hybridized carbons (Fsp3) is 0.611. The van der Waals surface area contributed by atoms with Gasteiger partial charge in [-0.05, 0) is 54.9 Å². The molecule has 1 aromatic rings. The van der Waals surface area contributed by atoms with Crippen molar-refractivity contribution in [1.82, 2.24) is 0 Å². The highest BCUT2D eigenvalue weighted by Gasteiger charge is 2.34. The van der Waals surface area contributed by atoms with E-state index in [0.29, 0.717) is 17.8 Å². The molecule has 0 saturated heterocycles. The Kier molecular flexibility index (Phi) is 5.37. The summed E-state index contributed by atoms with van der Waals surface area (Å²) in [5, 5.41) is 0. The number of hydrogen-bond donors (Lipinski definition) is 0. The average Bonchev–Trinajstić information content (AvgIpc) is 2.46. The van der Waals surface area contributed by atoms with Gasteiger partial charge in [0, 0.05) is 0 Å². The van der Waals surface area contributed by atoms with Crippen LogP contribution in [-0.2, 0) is 10.9 Å². The van der Waals surface area contributed by atoms with Gasteiger partial charge in [-0.1, -0.05) is 27.2 Å². The first-order valence-corrected chi connectivity index (χ1v) is 8.06. The predicted molar refractivity (Wildman–Crippen MR) is 82.0 cm³/mol. The number of hydrogen-bond acceptors (Lipinski definition) is 2. The Morgan fingerprint density at radius 3 is 2.30 bits per heavy atom. The van der Waals surface area contributed by atoms with E-state index in [2.05, 4.69) is 20.8 Å². The summed E-state index contributed by atoms with van der Waals surface area (Å²) in [4.78, 5) is 12.2. The van der Waals surface area contributed by atoms with Gasteiger partial charge in [-0.3, -0.25) is 0 Å². The highest BCUT2D eigenvalue weighted by atomic mass is 19.4. The summed E-state index contributed by atoms with van der Waals surface area (Å²) in [5.41, 5.74) is -0.598. The van der Waals surface area contributed by atoms with Crippen molar-refractivity contribution in [2.24, 2.45) is 17.8 Å². The zero-order valence-electron chi connectivity index (χ0n) is 13.7. The van der Waals surface area contributed by atoms with Crippen molar-refractivity contribution in [2.75, 3.05) is 0 Å². The molecule has 0 unspecified atom stereocenters. The monoisotopic (exact) mass is 328 g/mol. The Morgan fingerprint density at radius 1 is 1.17 bits per heavy atom. The number of carbonyl (C=O) groups is 1. The van der Waals surface area contributed by atoms with Crippen LogP contribution in [0.2, 0.25) is 0 Å². The molecule has 3 atom stereocenters. The van der Waals surface area contributed by atoms with Crippen LogP contribution < -0.4 is 0 Å². The Bertz CT molecular complexity index is 534. The summed E-state index contributed by atoms with van der Waals surface area (Å²) in [5.74, 6) is 0.677. The molecular weight excluding hydrogens is 305 g/mol. The van der Waals surface area contributed by atoms with E-state index >= 15 is 0 Å². The average molecular weight is 328 g/mol. The molecular formula is C18H23F3O2. The lowest BCUT2D eigenvalue weighted by Gasteiger charge is -2.36. The summed E-state index contributed by atoms with van der Waals surface area (Å²) in [6.45, 7) is 6.36. The normalized spacial score (nSPS) is 25.4. The molecule has 23 heavy (non-hydrogen) atoms. The Hall–Kier alpha value is -1.52. The van der Waals surface area contributed by atoms with Gasteiger partial charge in [-0.15, -0.1) is 0 Å². The largest absolute Gasteiger partial charge is 0.458 e. The van der Waals surface area contributed by atoms with Crippen LogP contribution in [0.3, 0.4) is 0 Å². The van der Waals surface area contributed by atoms with Gasteiger partial charge in [0.2, 0.25) is 0 Å². The van der Waals surface area contributed by atoms with Crippen LogP contribution in [0.5, 0.6) is 0 Å². The van der Waals surface area contributed by atoms with Crippen LogP contribution in [0.25, 0.3) is 0 Å². The molecule has 1 aliphatic rings. The molecule has 0 radical (unpaired) electrons. The van der Waals surface area contributed by atoms with Gasteiger partial charge in [0.25, 0.3) is 0 Å². The van der Waals surface area contributed by atoms with Crippen molar-refractivity contribution < 1.29 is 22.7 Å². The zero-order chi connectivity index (χ0) is 17.2. The highest BCUT2D eigenvalue weighted by molar-refractivity contribution is 5.89. The number of alkyl halides is 3. The van der Waals surface area contributed by atoms with E-state index in [-0.39, 0.29) is 11.7 Å². The number of rotatable bonds is 3. The van der Waals surface area contributed by atoms with Crippen LogP contribution in [0.1, 0.15) is 56.0 Å². The van der Waals surface area contributed by atoms with Crippen LogP contribution in [0.4, 0.5) is 13.2 Å². The quantitative estimate of drug-likeness (QED) is 0.702. The first kappa shape index (κ1) is 17.8. The molecule has 0 N–H and O–H groups in total. The second kappa shape index (κ2) is 6.93. The molecule has 1 saturated carbocycles. The maximum Gasteiger partial charge on any atom is 0.416 e. The third-order valence-corrected chi connectivity index (χ3v) is 4.67. The van der Waals surface area contributed by atoms with E-state index in [4.69, 9.17) is 4.74 Å². The fourth-order valence-electron chi connectivity index (χ4n) is 3.25. The van der Waals surface area contributed by atoms with Crippen molar-refractivity contribution in [3.05, 3.63) is 35.4 Å². The molecule has 0 aromatic heterocycles. The van der Waals surface area contributed by atoms with Crippen molar-refractivity contribution >= 4 is 5.97 Å². The Morgan fingerprint density at radius 2 is 1.78 bits per heavy atom. The Balaban J connectivity index is 2.08. The van der Waals surface area contributed by atoms with Crippen molar-refractivity contribution in [3.8, 4) is 0 Å². The molecule has 1 aromatic carbocycles. The first-order chi connectivity index (χ1) is 10.7.